The van der Waals surface area contributed by atoms with Crippen LogP contribution in [0.4, 0.5) is 0 Å². The highest BCUT2D eigenvalue weighted by Gasteiger charge is 2.17. The molecule has 1 aliphatic rings. The van der Waals surface area contributed by atoms with Gasteiger partial charge in [0.25, 0.3) is 0 Å². The van der Waals surface area contributed by atoms with Crippen molar-refractivity contribution in [2.75, 3.05) is 7.05 Å². The molecule has 1 aromatic heterocycles. The Balaban J connectivity index is 1.76. The van der Waals surface area contributed by atoms with Gasteiger partial charge in [0.2, 0.25) is 0 Å². The molecule has 0 bridgehead atoms. The quantitative estimate of drug-likeness (QED) is 0.721. The Labute approximate surface area is 158 Å². The first-order chi connectivity index (χ1) is 12.2. The molecule has 0 unspecified atom stereocenters. The summed E-state index contributed by atoms with van der Waals surface area (Å²) < 4.78 is 1.75. The van der Waals surface area contributed by atoms with Gasteiger partial charge >= 0.3 is 0 Å². The number of hydrogen-bond acceptors (Lipinski definition) is 4. The van der Waals surface area contributed by atoms with Crippen LogP contribution >= 0.6 is 12.2 Å². The van der Waals surface area contributed by atoms with Gasteiger partial charge in [0.15, 0.2) is 5.82 Å². The summed E-state index contributed by atoms with van der Waals surface area (Å²) in [6.45, 7) is 0. The summed E-state index contributed by atoms with van der Waals surface area (Å²) in [5.41, 5.74) is 0. The van der Waals surface area contributed by atoms with E-state index < -0.39 is 0 Å². The van der Waals surface area contributed by atoms with E-state index in [9.17, 15) is 0 Å². The minimum Gasteiger partial charge on any atom is -0.366 e. The van der Waals surface area contributed by atoms with Crippen LogP contribution < -0.4 is 0 Å². The third-order valence-electron chi connectivity index (χ3n) is 5.51. The van der Waals surface area contributed by atoms with Crippen LogP contribution in [0.3, 0.4) is 0 Å². The Morgan fingerprint density at radius 1 is 1.04 bits per heavy atom. The van der Waals surface area contributed by atoms with Gasteiger partial charge in [-0.25, -0.2) is 4.68 Å². The molecule has 0 aliphatic heterocycles. The summed E-state index contributed by atoms with van der Waals surface area (Å²) in [4.78, 5) is 3.50. The molecule has 5 nitrogen and oxygen atoms in total. The van der Waals surface area contributed by atoms with E-state index in [1.165, 1.54) is 70.6 Å². The van der Waals surface area contributed by atoms with Gasteiger partial charge in [-0.3, -0.25) is 0 Å². The van der Waals surface area contributed by atoms with Gasteiger partial charge in [0.1, 0.15) is 0 Å². The number of tetrazole rings is 1. The molecule has 6 heteroatoms. The van der Waals surface area contributed by atoms with Gasteiger partial charge in [0, 0.05) is 26.6 Å². The molecule has 1 aliphatic carbocycles. The van der Waals surface area contributed by atoms with Crippen LogP contribution in [-0.2, 0) is 13.5 Å². The number of rotatable bonds is 5. The van der Waals surface area contributed by atoms with E-state index in [4.69, 9.17) is 12.2 Å². The summed E-state index contributed by atoms with van der Waals surface area (Å²) in [5.74, 6) is 0.941. The maximum atomic E-state index is 5.74. The van der Waals surface area contributed by atoms with Crippen LogP contribution in [-0.4, -0.2) is 43.2 Å². The lowest BCUT2D eigenvalue weighted by atomic mass is 9.97. The van der Waals surface area contributed by atoms with Crippen LogP contribution in [0.25, 0.3) is 0 Å². The van der Waals surface area contributed by atoms with E-state index in [0.717, 1.165) is 30.1 Å². The molecular formula is C19H35N5S. The molecule has 0 aromatic carbocycles. The lowest BCUT2D eigenvalue weighted by Crippen LogP contribution is -2.36. The minimum absolute atomic E-state index is 0.628. The monoisotopic (exact) mass is 365 g/mol. The van der Waals surface area contributed by atoms with Crippen LogP contribution in [0.2, 0.25) is 0 Å². The second kappa shape index (κ2) is 11.6. The molecule has 1 saturated carbocycles. The Hall–Kier alpha value is -1.04. The molecule has 1 heterocycles. The van der Waals surface area contributed by atoms with Crippen molar-refractivity contribution in [1.82, 2.24) is 25.1 Å². The number of nitrogens with zero attached hydrogens (tertiary/aromatic N) is 5. The Kier molecular flexibility index (Phi) is 9.37. The first-order valence-electron chi connectivity index (χ1n) is 10.2. The van der Waals surface area contributed by atoms with Gasteiger partial charge < -0.3 is 4.90 Å². The second-order valence-corrected chi connectivity index (χ2v) is 7.96. The van der Waals surface area contributed by atoms with Crippen LogP contribution in [0.15, 0.2) is 0 Å². The van der Waals surface area contributed by atoms with E-state index in [0.29, 0.717) is 6.04 Å². The van der Waals surface area contributed by atoms with Gasteiger partial charge in [-0.1, -0.05) is 70.0 Å². The highest BCUT2D eigenvalue weighted by molar-refractivity contribution is 7.80. The highest BCUT2D eigenvalue weighted by atomic mass is 32.1. The van der Waals surface area contributed by atoms with Crippen LogP contribution in [0, 0.1) is 0 Å². The zero-order valence-electron chi connectivity index (χ0n) is 16.1. The molecule has 0 saturated heterocycles. The zero-order valence-corrected chi connectivity index (χ0v) is 16.9. The molecule has 0 atom stereocenters. The first-order valence-corrected chi connectivity index (χ1v) is 10.6. The maximum Gasteiger partial charge on any atom is 0.150 e. The lowest BCUT2D eigenvalue weighted by Gasteiger charge is -2.31. The molecule has 0 spiro atoms. The van der Waals surface area contributed by atoms with Crippen LogP contribution in [0.5, 0.6) is 0 Å². The van der Waals surface area contributed by atoms with Crippen molar-refractivity contribution in [3.63, 3.8) is 0 Å². The van der Waals surface area contributed by atoms with Crippen molar-refractivity contribution in [2.45, 2.75) is 95.9 Å². The van der Waals surface area contributed by atoms with E-state index in [1.807, 2.05) is 7.05 Å². The normalized spacial score (nSPS) is 18.3. The molecule has 1 fully saturated rings. The fourth-order valence-corrected chi connectivity index (χ4v) is 4.06. The van der Waals surface area contributed by atoms with Crippen molar-refractivity contribution in [3.8, 4) is 0 Å². The van der Waals surface area contributed by atoms with Crippen molar-refractivity contribution in [1.29, 1.82) is 0 Å². The molecule has 0 amide bonds. The Morgan fingerprint density at radius 2 is 1.60 bits per heavy atom. The van der Waals surface area contributed by atoms with Crippen molar-refractivity contribution in [3.05, 3.63) is 5.82 Å². The molecule has 142 valence electrons. The van der Waals surface area contributed by atoms with E-state index in [1.54, 1.807) is 4.68 Å². The van der Waals surface area contributed by atoms with Gasteiger partial charge in [-0.15, -0.1) is 5.10 Å². The summed E-state index contributed by atoms with van der Waals surface area (Å²) in [6, 6.07) is 0.628. The minimum atomic E-state index is 0.628. The topological polar surface area (TPSA) is 46.8 Å². The number of hydrogen-bond donors (Lipinski definition) is 0. The predicted molar refractivity (Wildman–Crippen MR) is 107 cm³/mol. The summed E-state index contributed by atoms with van der Waals surface area (Å²) in [5, 5.41) is 11.6. The molecule has 0 N–H and O–H groups in total. The molecule has 0 radical (unpaired) electrons. The SMILES string of the molecule is CN(C(=S)CCCc1nnnn1C)C1CCCCCCCCCCC1. The van der Waals surface area contributed by atoms with Crippen LogP contribution in [0.1, 0.15) is 89.3 Å². The highest BCUT2D eigenvalue weighted by Crippen LogP contribution is 2.21. The number of aryl methyl sites for hydroxylation is 2. The fraction of sp³-hybridized carbons (Fsp3) is 0.895. The standard InChI is InChI=1S/C19H35N5S/c1-23(19(25)16-12-15-18-20-21-22-24(18)2)17-13-10-8-6-4-3-5-7-9-11-14-17/h17H,3-16H2,1-2H3. The zero-order chi connectivity index (χ0) is 17.9. The summed E-state index contributed by atoms with van der Waals surface area (Å²) in [7, 11) is 4.10. The largest absolute Gasteiger partial charge is 0.366 e. The van der Waals surface area contributed by atoms with Crippen molar-refractivity contribution in [2.24, 2.45) is 7.05 Å². The fourth-order valence-electron chi connectivity index (χ4n) is 3.77. The van der Waals surface area contributed by atoms with Crippen molar-refractivity contribution >= 4 is 17.2 Å². The molecule has 2 rings (SSSR count). The maximum absolute atomic E-state index is 5.74. The van der Waals surface area contributed by atoms with Gasteiger partial charge in [-0.05, 0) is 36.1 Å². The summed E-state index contributed by atoms with van der Waals surface area (Å²) in [6.07, 6.45) is 18.0. The average Bonchev–Trinajstić information content (AvgIpc) is 3.00. The van der Waals surface area contributed by atoms with E-state index in [2.05, 4.69) is 27.5 Å². The van der Waals surface area contributed by atoms with Crippen molar-refractivity contribution < 1.29 is 0 Å². The predicted octanol–water partition coefficient (Wildman–Crippen LogP) is 4.47. The average molecular weight is 366 g/mol. The lowest BCUT2D eigenvalue weighted by molar-refractivity contribution is 0.303. The molecule has 1 aromatic rings. The smallest absolute Gasteiger partial charge is 0.150 e. The third kappa shape index (κ3) is 7.38. The Morgan fingerprint density at radius 3 is 2.12 bits per heavy atom. The first kappa shape index (κ1) is 20.3. The van der Waals surface area contributed by atoms with Gasteiger partial charge in [0.05, 0.1) is 4.99 Å². The Bertz CT molecular complexity index is 490. The van der Waals surface area contributed by atoms with E-state index in [-0.39, 0.29) is 0 Å². The number of aromatic nitrogens is 4. The number of thiocarbonyl (C=S) groups is 1. The summed E-state index contributed by atoms with van der Waals surface area (Å²) >= 11 is 5.74. The van der Waals surface area contributed by atoms with E-state index >= 15 is 0 Å². The van der Waals surface area contributed by atoms with Gasteiger partial charge in [-0.2, -0.15) is 0 Å². The molecular weight excluding hydrogens is 330 g/mol. The third-order valence-corrected chi connectivity index (χ3v) is 6.01. The molecule has 25 heavy (non-hydrogen) atoms. The second-order valence-electron chi connectivity index (χ2n) is 7.49.